The van der Waals surface area contributed by atoms with Crippen LogP contribution in [0.3, 0.4) is 0 Å². The van der Waals surface area contributed by atoms with Crippen molar-refractivity contribution in [2.75, 3.05) is 16.4 Å². The van der Waals surface area contributed by atoms with Crippen LogP contribution in [0.15, 0.2) is 77.7 Å². The average Bonchev–Trinajstić information content (AvgIpc) is 2.73. The first kappa shape index (κ1) is 21.0. The third-order valence-electron chi connectivity index (χ3n) is 3.94. The number of anilines is 2. The van der Waals surface area contributed by atoms with Crippen LogP contribution in [0.5, 0.6) is 0 Å². The summed E-state index contributed by atoms with van der Waals surface area (Å²) in [6, 6.07) is 18.1. The number of rotatable bonds is 7. The summed E-state index contributed by atoms with van der Waals surface area (Å²) in [6.07, 6.45) is 0. The van der Waals surface area contributed by atoms with Crippen LogP contribution in [0, 0.1) is 15.9 Å². The van der Waals surface area contributed by atoms with Gasteiger partial charge in [-0.15, -0.1) is 11.8 Å². The minimum absolute atomic E-state index is 0.0574. The Hall–Kier alpha value is -3.72. The van der Waals surface area contributed by atoms with Crippen LogP contribution < -0.4 is 10.6 Å². The molecule has 2 amide bonds. The zero-order chi connectivity index (χ0) is 21.5. The predicted molar refractivity (Wildman–Crippen MR) is 113 cm³/mol. The Morgan fingerprint density at radius 3 is 2.37 bits per heavy atom. The molecule has 0 heterocycles. The molecule has 9 heteroatoms. The van der Waals surface area contributed by atoms with E-state index in [1.54, 1.807) is 30.3 Å². The summed E-state index contributed by atoms with van der Waals surface area (Å²) < 4.78 is 13.7. The third-order valence-corrected chi connectivity index (χ3v) is 4.94. The minimum Gasteiger partial charge on any atom is -0.325 e. The van der Waals surface area contributed by atoms with Gasteiger partial charge in [-0.2, -0.15) is 0 Å². The fourth-order valence-corrected chi connectivity index (χ4v) is 3.27. The largest absolute Gasteiger partial charge is 0.325 e. The number of hydrogen-bond donors (Lipinski definition) is 2. The molecule has 0 saturated carbocycles. The maximum atomic E-state index is 13.7. The number of carbonyl (C=O) groups is 2. The van der Waals surface area contributed by atoms with E-state index >= 15 is 0 Å². The zero-order valence-corrected chi connectivity index (χ0v) is 16.3. The fraction of sp³-hybridized carbons (Fsp3) is 0.0476. The first-order valence-corrected chi connectivity index (χ1v) is 9.74. The SMILES string of the molecule is O=C(CSc1cccc(NC(=O)c2ccccc2F)c1)Nc1ccc([N+](=O)[O-])cc1. The van der Waals surface area contributed by atoms with E-state index in [4.69, 9.17) is 0 Å². The van der Waals surface area contributed by atoms with Gasteiger partial charge in [0.15, 0.2) is 0 Å². The molecule has 3 aromatic rings. The lowest BCUT2D eigenvalue weighted by Gasteiger charge is -2.08. The lowest BCUT2D eigenvalue weighted by atomic mass is 10.2. The molecule has 3 rings (SSSR count). The second kappa shape index (κ2) is 9.66. The van der Waals surface area contributed by atoms with Gasteiger partial charge in [0.1, 0.15) is 5.82 Å². The van der Waals surface area contributed by atoms with Crippen molar-refractivity contribution in [3.05, 3.63) is 94.3 Å². The highest BCUT2D eigenvalue weighted by Gasteiger charge is 2.12. The molecule has 30 heavy (non-hydrogen) atoms. The van der Waals surface area contributed by atoms with Crippen molar-refractivity contribution in [2.45, 2.75) is 4.90 Å². The number of nitrogens with one attached hydrogen (secondary N) is 2. The maximum absolute atomic E-state index is 13.7. The molecule has 0 atom stereocenters. The van der Waals surface area contributed by atoms with Crippen LogP contribution in [0.4, 0.5) is 21.5 Å². The van der Waals surface area contributed by atoms with Crippen LogP contribution >= 0.6 is 11.8 Å². The van der Waals surface area contributed by atoms with Crippen LogP contribution in [-0.4, -0.2) is 22.5 Å². The number of non-ortho nitro benzene ring substituents is 1. The van der Waals surface area contributed by atoms with Gasteiger partial charge in [-0.3, -0.25) is 19.7 Å². The van der Waals surface area contributed by atoms with E-state index in [0.717, 1.165) is 4.90 Å². The molecule has 0 fully saturated rings. The van der Waals surface area contributed by atoms with Crippen LogP contribution in [0.2, 0.25) is 0 Å². The van der Waals surface area contributed by atoms with Crippen molar-refractivity contribution in [1.82, 2.24) is 0 Å². The van der Waals surface area contributed by atoms with Gasteiger partial charge in [-0.05, 0) is 42.5 Å². The molecule has 0 aliphatic rings. The number of nitro groups is 1. The average molecular weight is 425 g/mol. The second-order valence-corrected chi connectivity index (χ2v) is 7.15. The van der Waals surface area contributed by atoms with E-state index in [-0.39, 0.29) is 22.9 Å². The third kappa shape index (κ3) is 5.65. The number of hydrogen-bond acceptors (Lipinski definition) is 5. The number of nitrogens with zero attached hydrogens (tertiary/aromatic N) is 1. The van der Waals surface area contributed by atoms with Gasteiger partial charge >= 0.3 is 0 Å². The molecule has 2 N–H and O–H groups in total. The van der Waals surface area contributed by atoms with E-state index in [9.17, 15) is 24.1 Å². The van der Waals surface area contributed by atoms with Crippen molar-refractivity contribution in [3.8, 4) is 0 Å². The Morgan fingerprint density at radius 2 is 1.67 bits per heavy atom. The molecule has 152 valence electrons. The standard InChI is InChI=1S/C21H16FN3O4S/c22-19-7-2-1-6-18(19)21(27)24-15-4-3-5-17(12-15)30-13-20(26)23-14-8-10-16(11-9-14)25(28)29/h1-12H,13H2,(H,23,26)(H,24,27). The lowest BCUT2D eigenvalue weighted by molar-refractivity contribution is -0.384. The number of amides is 2. The van der Waals surface area contributed by atoms with Gasteiger partial charge in [0.2, 0.25) is 5.91 Å². The Bertz CT molecular complexity index is 1090. The van der Waals surface area contributed by atoms with Gasteiger partial charge in [0, 0.05) is 28.4 Å². The van der Waals surface area contributed by atoms with E-state index in [1.165, 1.54) is 54.2 Å². The first-order chi connectivity index (χ1) is 14.4. The molecule has 0 unspecified atom stereocenters. The number of carbonyl (C=O) groups excluding carboxylic acids is 2. The summed E-state index contributed by atoms with van der Waals surface area (Å²) in [6.45, 7) is 0. The van der Waals surface area contributed by atoms with Gasteiger partial charge in [-0.1, -0.05) is 18.2 Å². The first-order valence-electron chi connectivity index (χ1n) is 8.75. The molecule has 3 aromatic carbocycles. The monoisotopic (exact) mass is 425 g/mol. The molecule has 0 saturated heterocycles. The van der Waals surface area contributed by atoms with Crippen LogP contribution in [0.1, 0.15) is 10.4 Å². The van der Waals surface area contributed by atoms with Gasteiger partial charge in [0.05, 0.1) is 16.2 Å². The minimum atomic E-state index is -0.608. The molecule has 0 spiro atoms. The number of benzene rings is 3. The van der Waals surface area contributed by atoms with E-state index in [0.29, 0.717) is 11.4 Å². The smallest absolute Gasteiger partial charge is 0.269 e. The predicted octanol–water partition coefficient (Wildman–Crippen LogP) is 4.72. The van der Waals surface area contributed by atoms with Gasteiger partial charge in [0.25, 0.3) is 11.6 Å². The Balaban J connectivity index is 1.56. The lowest BCUT2D eigenvalue weighted by Crippen LogP contribution is -2.14. The van der Waals surface area contributed by atoms with Gasteiger partial charge < -0.3 is 10.6 Å². The van der Waals surface area contributed by atoms with E-state index in [2.05, 4.69) is 10.6 Å². The normalized spacial score (nSPS) is 10.3. The highest BCUT2D eigenvalue weighted by molar-refractivity contribution is 8.00. The van der Waals surface area contributed by atoms with Crippen molar-refractivity contribution in [2.24, 2.45) is 0 Å². The molecule has 0 radical (unpaired) electrons. The van der Waals surface area contributed by atoms with Crippen molar-refractivity contribution >= 4 is 40.6 Å². The highest BCUT2D eigenvalue weighted by Crippen LogP contribution is 2.23. The summed E-state index contributed by atoms with van der Waals surface area (Å²) in [5, 5.41) is 15.9. The van der Waals surface area contributed by atoms with Gasteiger partial charge in [-0.25, -0.2) is 4.39 Å². The van der Waals surface area contributed by atoms with Crippen LogP contribution in [0.25, 0.3) is 0 Å². The van der Waals surface area contributed by atoms with Crippen molar-refractivity contribution in [3.63, 3.8) is 0 Å². The van der Waals surface area contributed by atoms with Crippen molar-refractivity contribution < 1.29 is 18.9 Å². The van der Waals surface area contributed by atoms with Crippen LogP contribution in [-0.2, 0) is 4.79 Å². The second-order valence-electron chi connectivity index (χ2n) is 6.10. The topological polar surface area (TPSA) is 101 Å². The molecule has 7 nitrogen and oxygen atoms in total. The molecule has 0 bridgehead atoms. The summed E-state index contributed by atoms with van der Waals surface area (Å²) in [7, 11) is 0. The number of thioether (sulfide) groups is 1. The zero-order valence-electron chi connectivity index (χ0n) is 15.5. The fourth-order valence-electron chi connectivity index (χ4n) is 2.52. The quantitative estimate of drug-likeness (QED) is 0.324. The summed E-state index contributed by atoms with van der Waals surface area (Å²) in [5.74, 6) is -1.36. The Kier molecular flexibility index (Phi) is 6.76. The summed E-state index contributed by atoms with van der Waals surface area (Å²) in [4.78, 5) is 35.2. The molecular weight excluding hydrogens is 409 g/mol. The molecular formula is C21H16FN3O4S. The molecule has 0 aliphatic heterocycles. The Labute approximate surface area is 175 Å². The summed E-state index contributed by atoms with van der Waals surface area (Å²) in [5.41, 5.74) is 0.816. The number of halogens is 1. The summed E-state index contributed by atoms with van der Waals surface area (Å²) >= 11 is 1.25. The Morgan fingerprint density at radius 1 is 0.933 bits per heavy atom. The van der Waals surface area contributed by atoms with E-state index < -0.39 is 16.6 Å². The highest BCUT2D eigenvalue weighted by atomic mass is 32.2. The molecule has 0 aromatic heterocycles. The molecule has 0 aliphatic carbocycles. The van der Waals surface area contributed by atoms with E-state index in [1.807, 2.05) is 0 Å². The maximum Gasteiger partial charge on any atom is 0.269 e. The van der Waals surface area contributed by atoms with Crippen molar-refractivity contribution in [1.29, 1.82) is 0 Å². The number of nitro benzene ring substituents is 1.